The van der Waals surface area contributed by atoms with Crippen molar-refractivity contribution in [2.45, 2.75) is 6.18 Å². The number of halogens is 8. The normalized spacial score (nSPS) is 11.9. The van der Waals surface area contributed by atoms with Gasteiger partial charge in [-0.05, 0) is 105 Å². The molecular weight excluding hydrogens is 913 g/mol. The summed E-state index contributed by atoms with van der Waals surface area (Å²) in [5, 5.41) is 2.23. The Kier molecular flexibility index (Phi) is 10.3. The number of rotatable bonds is 7. The average Bonchev–Trinajstić information content (AvgIpc) is 3.91. The van der Waals surface area contributed by atoms with Crippen LogP contribution in [-0.4, -0.2) is 9.13 Å². The molecule has 0 aliphatic heterocycles. The molecular formula is C61H34F8N2. The van der Waals surface area contributed by atoms with Gasteiger partial charge in [0.1, 0.15) is 0 Å². The Hall–Kier alpha value is -8.76. The third-order valence-electron chi connectivity index (χ3n) is 13.3. The highest BCUT2D eigenvalue weighted by atomic mass is 19.4. The number of aromatic nitrogens is 2. The van der Waals surface area contributed by atoms with Crippen LogP contribution in [0, 0.1) is 29.1 Å². The highest BCUT2D eigenvalue weighted by Gasteiger charge is 2.38. The number of fused-ring (bicyclic) bond motifs is 6. The zero-order valence-electron chi connectivity index (χ0n) is 37.0. The number of hydrogen-bond donors (Lipinski definition) is 0. The van der Waals surface area contributed by atoms with Crippen LogP contribution in [0.4, 0.5) is 35.1 Å². The second-order valence-corrected chi connectivity index (χ2v) is 17.4. The first-order valence-corrected chi connectivity index (χ1v) is 22.6. The lowest BCUT2D eigenvalue weighted by Crippen LogP contribution is -2.14. The SMILES string of the molecule is Fc1c(F)c(F)c(-c2cc(-n3c4ccc(-c5ccccc5)cc4c4cc(-c5ccccc5)ccc43)c(C(F)(F)F)cc2-n2c3ccc(-c4ccccc4)cc3c3cc(-c4ccccc4)ccc32)c(F)c1F. The summed E-state index contributed by atoms with van der Waals surface area (Å²) in [5.41, 5.74) is 3.34. The van der Waals surface area contributed by atoms with Crippen molar-refractivity contribution in [1.29, 1.82) is 0 Å². The lowest BCUT2D eigenvalue weighted by molar-refractivity contribution is -0.137. The lowest BCUT2D eigenvalue weighted by atomic mass is 9.96. The van der Waals surface area contributed by atoms with Gasteiger partial charge in [-0.25, -0.2) is 22.0 Å². The van der Waals surface area contributed by atoms with Crippen LogP contribution in [0.1, 0.15) is 5.56 Å². The van der Waals surface area contributed by atoms with Crippen molar-refractivity contribution in [3.8, 4) is 67.0 Å². The lowest BCUT2D eigenvalue weighted by Gasteiger charge is -2.23. The maximum Gasteiger partial charge on any atom is 0.418 e. The van der Waals surface area contributed by atoms with Crippen molar-refractivity contribution in [1.82, 2.24) is 9.13 Å². The first kappa shape index (κ1) is 43.5. The molecule has 0 saturated heterocycles. The Labute approximate surface area is 400 Å². The third-order valence-corrected chi connectivity index (χ3v) is 13.3. The fourth-order valence-corrected chi connectivity index (χ4v) is 10.0. The van der Waals surface area contributed by atoms with Crippen molar-refractivity contribution < 1.29 is 35.1 Å². The molecule has 12 rings (SSSR count). The summed E-state index contributed by atoms with van der Waals surface area (Å²) in [4.78, 5) is 0. The van der Waals surface area contributed by atoms with Crippen molar-refractivity contribution in [2.24, 2.45) is 0 Å². The maximum atomic E-state index is 16.6. The fourth-order valence-electron chi connectivity index (χ4n) is 10.0. The molecule has 0 aliphatic carbocycles. The summed E-state index contributed by atoms with van der Waals surface area (Å²) < 4.78 is 131. The number of nitrogens with zero attached hydrogens (tertiary/aromatic N) is 2. The maximum absolute atomic E-state index is 16.6. The predicted molar refractivity (Wildman–Crippen MR) is 267 cm³/mol. The summed E-state index contributed by atoms with van der Waals surface area (Å²) in [6.45, 7) is 0. The van der Waals surface area contributed by atoms with Gasteiger partial charge >= 0.3 is 6.18 Å². The molecule has 0 bridgehead atoms. The molecule has 2 nitrogen and oxygen atoms in total. The van der Waals surface area contributed by atoms with E-state index in [1.165, 1.54) is 9.13 Å². The van der Waals surface area contributed by atoms with Gasteiger partial charge < -0.3 is 9.13 Å². The highest BCUT2D eigenvalue weighted by molar-refractivity contribution is 6.14. The van der Waals surface area contributed by atoms with E-state index in [1.54, 1.807) is 48.5 Å². The average molecular weight is 947 g/mol. The van der Waals surface area contributed by atoms with Gasteiger partial charge in [-0.3, -0.25) is 0 Å². The summed E-state index contributed by atoms with van der Waals surface area (Å²) in [7, 11) is 0. The molecule has 0 amide bonds. The summed E-state index contributed by atoms with van der Waals surface area (Å²) in [5.74, 6) is -11.3. The third kappa shape index (κ3) is 7.16. The molecule has 71 heavy (non-hydrogen) atoms. The number of benzene rings is 10. The molecule has 0 radical (unpaired) electrons. The molecule has 0 saturated carbocycles. The summed E-state index contributed by atoms with van der Waals surface area (Å²) >= 11 is 0. The molecule has 12 aromatic rings. The van der Waals surface area contributed by atoms with Crippen molar-refractivity contribution in [2.75, 3.05) is 0 Å². The van der Waals surface area contributed by atoms with E-state index < -0.39 is 63.3 Å². The molecule has 0 N–H and O–H groups in total. The number of hydrogen-bond acceptors (Lipinski definition) is 0. The molecule has 0 atom stereocenters. The van der Waals surface area contributed by atoms with Crippen LogP contribution in [0.5, 0.6) is 0 Å². The second kappa shape index (κ2) is 16.7. The molecule has 2 aromatic heterocycles. The molecule has 344 valence electrons. The van der Waals surface area contributed by atoms with Gasteiger partial charge in [0.15, 0.2) is 23.3 Å². The van der Waals surface area contributed by atoms with Crippen LogP contribution >= 0.6 is 0 Å². The zero-order chi connectivity index (χ0) is 48.7. The number of alkyl halides is 3. The largest absolute Gasteiger partial charge is 0.418 e. The van der Waals surface area contributed by atoms with Gasteiger partial charge in [0, 0.05) is 27.1 Å². The molecule has 0 spiro atoms. The summed E-state index contributed by atoms with van der Waals surface area (Å²) in [6.07, 6.45) is -5.14. The van der Waals surface area contributed by atoms with Crippen LogP contribution in [-0.2, 0) is 6.18 Å². The molecule has 2 heterocycles. The predicted octanol–water partition coefficient (Wildman–Crippen LogP) is 17.9. The highest BCUT2D eigenvalue weighted by Crippen LogP contribution is 2.48. The van der Waals surface area contributed by atoms with E-state index in [0.29, 0.717) is 43.6 Å². The standard InChI is InChI=1S/C61H34F8N2/c62-56-55(57(63)59(65)60(66)58(56)64)47-33-54(71-51-27-23-41(37-17-9-3-10-18-37)31-45(51)46-32-42(24-28-52(46)71)38-19-11-4-12-20-38)48(61(67,68)69)34-53(47)70-49-25-21-39(35-13-5-1-6-14-35)29-43(49)44-30-40(22-26-50(44)70)36-15-7-2-8-16-36/h1-34H. The van der Waals surface area contributed by atoms with E-state index in [1.807, 2.05) is 146 Å². The van der Waals surface area contributed by atoms with Gasteiger partial charge in [0.25, 0.3) is 0 Å². The monoisotopic (exact) mass is 946 g/mol. The van der Waals surface area contributed by atoms with E-state index in [-0.39, 0.29) is 0 Å². The van der Waals surface area contributed by atoms with E-state index in [2.05, 4.69) is 0 Å². The van der Waals surface area contributed by atoms with Crippen LogP contribution < -0.4 is 0 Å². The van der Waals surface area contributed by atoms with Gasteiger partial charge in [-0.15, -0.1) is 0 Å². The Morgan fingerprint density at radius 3 is 0.887 bits per heavy atom. The van der Waals surface area contributed by atoms with Crippen molar-refractivity contribution >= 4 is 43.6 Å². The first-order valence-electron chi connectivity index (χ1n) is 22.6. The minimum atomic E-state index is -5.14. The molecule has 10 heteroatoms. The van der Waals surface area contributed by atoms with Crippen LogP contribution in [0.3, 0.4) is 0 Å². The molecule has 0 aliphatic rings. The van der Waals surface area contributed by atoms with Crippen LogP contribution in [0.25, 0.3) is 111 Å². The van der Waals surface area contributed by atoms with E-state index in [4.69, 9.17) is 0 Å². The van der Waals surface area contributed by atoms with Gasteiger partial charge in [-0.2, -0.15) is 13.2 Å². The van der Waals surface area contributed by atoms with E-state index in [0.717, 1.165) is 56.6 Å². The molecule has 0 fully saturated rings. The Morgan fingerprint density at radius 1 is 0.282 bits per heavy atom. The van der Waals surface area contributed by atoms with Crippen LogP contribution in [0.2, 0.25) is 0 Å². The summed E-state index contributed by atoms with van der Waals surface area (Å²) in [6, 6.07) is 60.7. The minimum Gasteiger partial charge on any atom is -0.309 e. The van der Waals surface area contributed by atoms with E-state index in [9.17, 15) is 4.39 Å². The first-order chi connectivity index (χ1) is 34.4. The van der Waals surface area contributed by atoms with Crippen LogP contribution in [0.15, 0.2) is 206 Å². The minimum absolute atomic E-state index is 0.297. The van der Waals surface area contributed by atoms with Gasteiger partial charge in [-0.1, -0.05) is 146 Å². The smallest absolute Gasteiger partial charge is 0.309 e. The van der Waals surface area contributed by atoms with Gasteiger partial charge in [0.05, 0.1) is 44.6 Å². The van der Waals surface area contributed by atoms with E-state index >= 15 is 30.7 Å². The zero-order valence-corrected chi connectivity index (χ0v) is 37.0. The van der Waals surface area contributed by atoms with Crippen molar-refractivity contribution in [3.63, 3.8) is 0 Å². The Bertz CT molecular complexity index is 3840. The molecule has 10 aromatic carbocycles. The Balaban J connectivity index is 1.22. The Morgan fingerprint density at radius 2 is 0.577 bits per heavy atom. The van der Waals surface area contributed by atoms with Crippen molar-refractivity contribution in [3.05, 3.63) is 241 Å². The fraction of sp³-hybridized carbons (Fsp3) is 0.0164. The van der Waals surface area contributed by atoms with Gasteiger partial charge in [0.2, 0.25) is 5.82 Å². The molecule has 0 unspecified atom stereocenters. The topological polar surface area (TPSA) is 9.86 Å². The quantitative estimate of drug-likeness (QED) is 0.0856. The second-order valence-electron chi connectivity index (χ2n) is 17.4.